The van der Waals surface area contributed by atoms with Crippen molar-refractivity contribution in [2.24, 2.45) is 0 Å². The van der Waals surface area contributed by atoms with Crippen molar-refractivity contribution in [3.63, 3.8) is 0 Å². The van der Waals surface area contributed by atoms with E-state index in [2.05, 4.69) is 82.7 Å². The Balaban J connectivity index is 1.22. The fraction of sp³-hybridized carbons (Fsp3) is 0.406. The Hall–Kier alpha value is -3.62. The summed E-state index contributed by atoms with van der Waals surface area (Å²) >= 11 is 3.61. The molecule has 0 radical (unpaired) electrons. The lowest BCUT2D eigenvalue weighted by Crippen LogP contribution is -2.52. The van der Waals surface area contributed by atoms with Crippen molar-refractivity contribution in [2.45, 2.75) is 18.9 Å². The lowest BCUT2D eigenvalue weighted by molar-refractivity contribution is 0.0982. The number of halogens is 1. The van der Waals surface area contributed by atoms with Gasteiger partial charge in [0.05, 0.1) is 39.6 Å². The molecule has 234 valence electrons. The summed E-state index contributed by atoms with van der Waals surface area (Å²) in [6.07, 6.45) is 7.31. The van der Waals surface area contributed by atoms with Crippen LogP contribution in [0.3, 0.4) is 0 Å². The Bertz CT molecular complexity index is 1710. The SMILES string of the molecule is COc1cc(N2CCC(N3CCN(C)CC3)CC2)c(C#N)cc1Nc1ncc(Br)c(Nc2ccc3nccnc3c2P(C)C)n1. The standard InChI is InChI=1S/C32H38BrN10OP/c1-41-13-15-42(16-14-41)22-7-11-43(12-8-22)27-18-28(44-2)26(17-21(27)19-34)39-32-37-20-23(33)31(40-32)38-25-6-5-24-29(30(25)45(3)4)36-10-9-35-24/h5-6,9-10,17-18,20,22H,7-8,11-16H2,1-4H3,(H2,37,38,39,40). The number of anilines is 5. The first kappa shape index (κ1) is 31.4. The third kappa shape index (κ3) is 6.82. The van der Waals surface area contributed by atoms with Crippen LogP contribution in [0.4, 0.5) is 28.8 Å². The van der Waals surface area contributed by atoms with E-state index in [0.717, 1.165) is 84.3 Å². The zero-order valence-electron chi connectivity index (χ0n) is 26.1. The van der Waals surface area contributed by atoms with Crippen molar-refractivity contribution in [3.8, 4) is 11.8 Å². The average Bonchev–Trinajstić information content (AvgIpc) is 3.06. The van der Waals surface area contributed by atoms with E-state index in [1.165, 1.54) is 0 Å². The molecule has 2 N–H and O–H groups in total. The van der Waals surface area contributed by atoms with Gasteiger partial charge in [-0.15, -0.1) is 0 Å². The zero-order chi connectivity index (χ0) is 31.5. The molecule has 0 amide bonds. The number of nitrogens with one attached hydrogen (secondary N) is 2. The molecule has 2 aromatic carbocycles. The molecular formula is C32H38BrN10OP. The van der Waals surface area contributed by atoms with Crippen molar-refractivity contribution in [2.75, 3.05) is 82.3 Å². The number of benzene rings is 2. The van der Waals surface area contributed by atoms with Gasteiger partial charge in [-0.3, -0.25) is 14.9 Å². The summed E-state index contributed by atoms with van der Waals surface area (Å²) in [4.78, 5) is 25.7. The maximum Gasteiger partial charge on any atom is 0.229 e. The minimum atomic E-state index is -0.493. The highest BCUT2D eigenvalue weighted by Gasteiger charge is 2.28. The average molecular weight is 690 g/mol. The largest absolute Gasteiger partial charge is 0.494 e. The van der Waals surface area contributed by atoms with Crippen LogP contribution in [0, 0.1) is 11.3 Å². The summed E-state index contributed by atoms with van der Waals surface area (Å²) in [5.74, 6) is 1.61. The monoisotopic (exact) mass is 688 g/mol. The lowest BCUT2D eigenvalue weighted by Gasteiger charge is -2.42. The molecule has 2 aromatic heterocycles. The highest BCUT2D eigenvalue weighted by molar-refractivity contribution is 9.10. The molecule has 0 unspecified atom stereocenters. The number of hydrogen-bond donors (Lipinski definition) is 2. The van der Waals surface area contributed by atoms with Gasteiger partial charge in [-0.2, -0.15) is 10.2 Å². The molecule has 11 nitrogen and oxygen atoms in total. The Morgan fingerprint density at radius 1 is 0.978 bits per heavy atom. The van der Waals surface area contributed by atoms with E-state index in [1.54, 1.807) is 25.7 Å². The van der Waals surface area contributed by atoms with Crippen LogP contribution in [0.1, 0.15) is 18.4 Å². The van der Waals surface area contributed by atoms with E-state index in [1.807, 2.05) is 24.3 Å². The number of methoxy groups -OCH3 is 1. The molecule has 6 rings (SSSR count). The second-order valence-electron chi connectivity index (χ2n) is 11.7. The number of aromatic nitrogens is 4. The fourth-order valence-electron chi connectivity index (χ4n) is 6.18. The number of nitrogens with zero attached hydrogens (tertiary/aromatic N) is 8. The summed E-state index contributed by atoms with van der Waals surface area (Å²) in [7, 11) is 3.34. The number of fused-ring (bicyclic) bond motifs is 1. The summed E-state index contributed by atoms with van der Waals surface area (Å²) in [5, 5.41) is 18.1. The Kier molecular flexibility index (Phi) is 9.61. The number of piperidine rings is 1. The van der Waals surface area contributed by atoms with Crippen LogP contribution < -0.4 is 25.6 Å². The molecule has 2 fully saturated rings. The van der Waals surface area contributed by atoms with Crippen LogP contribution in [0.2, 0.25) is 0 Å². The molecule has 2 saturated heterocycles. The lowest BCUT2D eigenvalue weighted by atomic mass is 10.0. The predicted molar refractivity (Wildman–Crippen MR) is 186 cm³/mol. The van der Waals surface area contributed by atoms with Crippen LogP contribution in [0.15, 0.2) is 47.3 Å². The molecular weight excluding hydrogens is 651 g/mol. The van der Waals surface area contributed by atoms with Crippen molar-refractivity contribution in [3.05, 3.63) is 52.9 Å². The number of ether oxygens (including phenoxy) is 1. The third-order valence-electron chi connectivity index (χ3n) is 8.60. The van der Waals surface area contributed by atoms with Crippen molar-refractivity contribution < 1.29 is 4.74 Å². The zero-order valence-corrected chi connectivity index (χ0v) is 28.6. The quantitative estimate of drug-likeness (QED) is 0.240. The van der Waals surface area contributed by atoms with Gasteiger partial charge in [0.15, 0.2) is 0 Å². The molecule has 45 heavy (non-hydrogen) atoms. The van der Waals surface area contributed by atoms with E-state index >= 15 is 0 Å². The second-order valence-corrected chi connectivity index (χ2v) is 14.7. The molecule has 4 heterocycles. The van der Waals surface area contributed by atoms with Gasteiger partial charge in [0, 0.05) is 81.0 Å². The normalized spacial score (nSPS) is 16.6. The van der Waals surface area contributed by atoms with Gasteiger partial charge in [-0.1, -0.05) is 7.92 Å². The van der Waals surface area contributed by atoms with Crippen LogP contribution in [0.25, 0.3) is 11.0 Å². The van der Waals surface area contributed by atoms with E-state index in [4.69, 9.17) is 9.72 Å². The number of hydrogen-bond acceptors (Lipinski definition) is 11. The molecule has 4 aromatic rings. The second kappa shape index (κ2) is 13.8. The maximum atomic E-state index is 10.2. The smallest absolute Gasteiger partial charge is 0.229 e. The summed E-state index contributed by atoms with van der Waals surface area (Å²) in [5.41, 5.74) is 4.80. The van der Waals surface area contributed by atoms with E-state index in [-0.39, 0.29) is 0 Å². The van der Waals surface area contributed by atoms with Gasteiger partial charge in [0.2, 0.25) is 5.95 Å². The first-order valence-corrected chi connectivity index (χ1v) is 18.1. The Labute approximate surface area is 273 Å². The highest BCUT2D eigenvalue weighted by Crippen LogP contribution is 2.38. The maximum absolute atomic E-state index is 10.2. The van der Waals surface area contributed by atoms with E-state index in [9.17, 15) is 5.26 Å². The number of likely N-dealkylation sites (N-methyl/N-ethyl adjacent to an activating group) is 1. The summed E-state index contributed by atoms with van der Waals surface area (Å²) < 4.78 is 6.52. The topological polar surface area (TPSA) is 118 Å². The number of piperazine rings is 1. The van der Waals surface area contributed by atoms with Crippen molar-refractivity contribution in [1.82, 2.24) is 29.7 Å². The van der Waals surface area contributed by atoms with Crippen molar-refractivity contribution in [1.29, 1.82) is 5.26 Å². The number of nitriles is 1. The molecule has 0 aliphatic carbocycles. The molecule has 0 saturated carbocycles. The van der Waals surface area contributed by atoms with Crippen LogP contribution in [-0.2, 0) is 0 Å². The van der Waals surface area contributed by atoms with Gasteiger partial charge in [-0.05, 0) is 67.3 Å². The van der Waals surface area contributed by atoms with Gasteiger partial charge < -0.3 is 25.2 Å². The Morgan fingerprint density at radius 3 is 2.44 bits per heavy atom. The number of rotatable bonds is 8. The van der Waals surface area contributed by atoms with E-state index in [0.29, 0.717) is 34.8 Å². The predicted octanol–water partition coefficient (Wildman–Crippen LogP) is 5.13. The van der Waals surface area contributed by atoms with Crippen molar-refractivity contribution >= 4 is 69.0 Å². The fourth-order valence-corrected chi connectivity index (χ4v) is 7.68. The van der Waals surface area contributed by atoms with Crippen LogP contribution in [-0.4, -0.2) is 103 Å². The molecule has 0 bridgehead atoms. The molecule has 2 aliphatic heterocycles. The van der Waals surface area contributed by atoms with Gasteiger partial charge in [-0.25, -0.2) is 4.98 Å². The molecule has 0 atom stereocenters. The van der Waals surface area contributed by atoms with Gasteiger partial charge >= 0.3 is 0 Å². The molecule has 2 aliphatic rings. The van der Waals surface area contributed by atoms with Crippen LogP contribution >= 0.6 is 23.9 Å². The third-order valence-corrected chi connectivity index (χ3v) is 10.5. The van der Waals surface area contributed by atoms with Gasteiger partial charge in [0.1, 0.15) is 17.6 Å². The first-order chi connectivity index (χ1) is 21.8. The summed E-state index contributed by atoms with van der Waals surface area (Å²) in [6, 6.07) is 10.8. The Morgan fingerprint density at radius 2 is 1.73 bits per heavy atom. The van der Waals surface area contributed by atoms with Gasteiger partial charge in [0.25, 0.3) is 0 Å². The van der Waals surface area contributed by atoms with E-state index < -0.39 is 7.92 Å². The first-order valence-electron chi connectivity index (χ1n) is 15.1. The summed E-state index contributed by atoms with van der Waals surface area (Å²) in [6.45, 7) is 10.7. The molecule has 0 spiro atoms. The molecule has 13 heteroatoms. The minimum absolute atomic E-state index is 0.376. The van der Waals surface area contributed by atoms with Crippen LogP contribution in [0.5, 0.6) is 5.75 Å². The minimum Gasteiger partial charge on any atom is -0.494 e. The highest BCUT2D eigenvalue weighted by atomic mass is 79.9.